The summed E-state index contributed by atoms with van der Waals surface area (Å²) in [4.78, 5) is 14.6. The number of alkyl halides is 6. The lowest BCUT2D eigenvalue weighted by atomic mass is 9.97. The summed E-state index contributed by atoms with van der Waals surface area (Å²) in [5.41, 5.74) is -4.83. The molecule has 170 valence electrons. The highest BCUT2D eigenvalue weighted by Gasteiger charge is 2.45. The van der Waals surface area contributed by atoms with Gasteiger partial charge in [-0.3, -0.25) is 4.90 Å². The number of halogens is 7. The van der Waals surface area contributed by atoms with Crippen LogP contribution in [0.2, 0.25) is 0 Å². The Kier molecular flexibility index (Phi) is 6.00. The summed E-state index contributed by atoms with van der Waals surface area (Å²) in [7, 11) is 1.15. The highest BCUT2D eigenvalue weighted by molar-refractivity contribution is 5.90. The summed E-state index contributed by atoms with van der Waals surface area (Å²) in [6.07, 6.45) is -6.03. The average Bonchev–Trinajstić information content (AvgIpc) is 2.65. The Morgan fingerprint density at radius 3 is 2.06 bits per heavy atom. The fourth-order valence-corrected chi connectivity index (χ4v) is 3.10. The molecule has 0 aromatic heterocycles. The van der Waals surface area contributed by atoms with Gasteiger partial charge in [-0.1, -0.05) is 5.92 Å². The van der Waals surface area contributed by atoms with Crippen LogP contribution in [0.4, 0.5) is 46.9 Å². The van der Waals surface area contributed by atoms with E-state index in [1.165, 1.54) is 17.0 Å². The van der Waals surface area contributed by atoms with E-state index < -0.39 is 52.4 Å². The Morgan fingerprint density at radius 1 is 1.06 bits per heavy atom. The molecule has 1 aliphatic rings. The van der Waals surface area contributed by atoms with Gasteiger partial charge in [-0.15, -0.1) is 6.42 Å². The van der Waals surface area contributed by atoms with Gasteiger partial charge in [0.05, 0.1) is 16.8 Å². The fourth-order valence-electron chi connectivity index (χ4n) is 3.10. The number of anilines is 2. The summed E-state index contributed by atoms with van der Waals surface area (Å²) >= 11 is 0. The molecule has 1 fully saturated rings. The predicted octanol–water partition coefficient (Wildman–Crippen LogP) is 5.69. The molecule has 1 amide bonds. The molecule has 0 saturated carbocycles. The molecule has 0 bridgehead atoms. The first kappa shape index (κ1) is 23.2. The minimum absolute atomic E-state index is 0.0829. The van der Waals surface area contributed by atoms with E-state index in [9.17, 15) is 35.5 Å². The number of amides is 1. The third kappa shape index (κ3) is 4.44. The zero-order valence-corrected chi connectivity index (χ0v) is 16.4. The molecular formula is C21H15F7N2O2. The number of carbonyl (C=O) groups is 1. The maximum absolute atomic E-state index is 13.8. The third-order valence-electron chi connectivity index (χ3n) is 4.86. The van der Waals surface area contributed by atoms with E-state index in [0.29, 0.717) is 6.42 Å². The number of hydrogen-bond acceptors (Lipinski definition) is 3. The van der Waals surface area contributed by atoms with E-state index in [0.717, 1.165) is 24.1 Å². The highest BCUT2D eigenvalue weighted by atomic mass is 19.4. The number of ether oxygens (including phenoxy) is 1. The Labute approximate surface area is 178 Å². The molecule has 1 saturated heterocycles. The Balaban J connectivity index is 2.17. The van der Waals surface area contributed by atoms with Gasteiger partial charge >= 0.3 is 18.4 Å². The Morgan fingerprint density at radius 2 is 1.62 bits per heavy atom. The largest absolute Gasteiger partial charge is 0.420 e. The maximum Gasteiger partial charge on any atom is 0.420 e. The maximum atomic E-state index is 13.8. The predicted molar refractivity (Wildman–Crippen MR) is 102 cm³/mol. The number of rotatable bonds is 3. The van der Waals surface area contributed by atoms with Crippen LogP contribution in [0.25, 0.3) is 0 Å². The third-order valence-corrected chi connectivity index (χ3v) is 4.86. The minimum atomic E-state index is -5.28. The smallest absolute Gasteiger partial charge is 0.407 e. The normalized spacial score (nSPS) is 13.9. The summed E-state index contributed by atoms with van der Waals surface area (Å²) in [5.74, 6) is 0.0754. The van der Waals surface area contributed by atoms with E-state index in [4.69, 9.17) is 11.2 Å². The van der Waals surface area contributed by atoms with Gasteiger partial charge in [0.2, 0.25) is 0 Å². The van der Waals surface area contributed by atoms with Crippen molar-refractivity contribution >= 4 is 17.5 Å². The molecule has 2 aromatic carbocycles. The van der Waals surface area contributed by atoms with Crippen molar-refractivity contribution in [3.63, 3.8) is 0 Å². The van der Waals surface area contributed by atoms with Crippen LogP contribution in [0.3, 0.4) is 0 Å². The standard InChI is InChI=1S/C21H15F7N2O2/c1-3-14-15(20(23,24)25)11-16(21(26,27)28)18(17(14)30-9-4-10-30)32-19(31)29(2)13-7-5-12(22)6-8-13/h1,5-8,11H,4,9-10H2,2H3. The second kappa shape index (κ2) is 8.26. The Bertz CT molecular complexity index is 1070. The van der Waals surface area contributed by atoms with Crippen LogP contribution in [0, 0.1) is 18.2 Å². The van der Waals surface area contributed by atoms with E-state index in [1.54, 1.807) is 5.92 Å². The molecule has 0 spiro atoms. The Hall–Kier alpha value is -3.42. The number of nitrogens with zero attached hydrogens (tertiary/aromatic N) is 2. The van der Waals surface area contributed by atoms with Gasteiger partial charge < -0.3 is 9.64 Å². The van der Waals surface area contributed by atoms with Gasteiger partial charge in [-0.05, 0) is 36.8 Å². The molecule has 0 N–H and O–H groups in total. The van der Waals surface area contributed by atoms with Crippen molar-refractivity contribution in [1.29, 1.82) is 0 Å². The molecule has 0 aliphatic carbocycles. The zero-order valence-electron chi connectivity index (χ0n) is 16.4. The van der Waals surface area contributed by atoms with Crippen LogP contribution < -0.4 is 14.5 Å². The molecule has 2 aromatic rings. The number of hydrogen-bond donors (Lipinski definition) is 0. The highest BCUT2D eigenvalue weighted by Crippen LogP contribution is 2.49. The molecule has 0 radical (unpaired) electrons. The van der Waals surface area contributed by atoms with E-state index in [1.807, 2.05) is 0 Å². The number of benzene rings is 2. The van der Waals surface area contributed by atoms with Crippen LogP contribution in [0.5, 0.6) is 5.75 Å². The van der Waals surface area contributed by atoms with Crippen molar-refractivity contribution in [2.24, 2.45) is 0 Å². The van der Waals surface area contributed by atoms with Crippen LogP contribution in [0.15, 0.2) is 30.3 Å². The molecular weight excluding hydrogens is 445 g/mol. The molecule has 0 atom stereocenters. The van der Waals surface area contributed by atoms with Gasteiger partial charge in [0.1, 0.15) is 11.4 Å². The number of terminal acetylenes is 1. The van der Waals surface area contributed by atoms with Crippen LogP contribution >= 0.6 is 0 Å². The van der Waals surface area contributed by atoms with Crippen molar-refractivity contribution in [2.45, 2.75) is 18.8 Å². The number of carbonyl (C=O) groups excluding carboxylic acids is 1. The van der Waals surface area contributed by atoms with Crippen molar-refractivity contribution in [3.8, 4) is 18.1 Å². The van der Waals surface area contributed by atoms with Crippen LogP contribution in [0.1, 0.15) is 23.1 Å². The van der Waals surface area contributed by atoms with Crippen LogP contribution in [-0.4, -0.2) is 26.2 Å². The molecule has 4 nitrogen and oxygen atoms in total. The second-order valence-electron chi connectivity index (χ2n) is 6.91. The van der Waals surface area contributed by atoms with Gasteiger partial charge in [0, 0.05) is 25.8 Å². The minimum Gasteiger partial charge on any atom is -0.407 e. The topological polar surface area (TPSA) is 32.8 Å². The SMILES string of the molecule is C#Cc1c(C(F)(F)F)cc(C(F)(F)F)c(OC(=O)N(C)c2ccc(F)cc2)c1N1CCC1. The summed E-state index contributed by atoms with van der Waals surface area (Å²) in [6, 6.07) is 4.23. The first-order valence-corrected chi connectivity index (χ1v) is 9.12. The zero-order chi connectivity index (χ0) is 23.8. The first-order valence-electron chi connectivity index (χ1n) is 9.12. The van der Waals surface area contributed by atoms with Crippen molar-refractivity contribution in [2.75, 3.05) is 29.9 Å². The van der Waals surface area contributed by atoms with Crippen LogP contribution in [-0.2, 0) is 12.4 Å². The van der Waals surface area contributed by atoms with Crippen molar-refractivity contribution in [1.82, 2.24) is 0 Å². The molecule has 0 unspecified atom stereocenters. The van der Waals surface area contributed by atoms with Gasteiger partial charge in [-0.2, -0.15) is 26.3 Å². The summed E-state index contributed by atoms with van der Waals surface area (Å²) in [5, 5.41) is 0. The van der Waals surface area contributed by atoms with E-state index in [-0.39, 0.29) is 24.8 Å². The van der Waals surface area contributed by atoms with Gasteiger partial charge in [0.15, 0.2) is 5.75 Å². The molecule has 1 heterocycles. The van der Waals surface area contributed by atoms with Gasteiger partial charge in [0.25, 0.3) is 0 Å². The lowest BCUT2D eigenvalue weighted by molar-refractivity contribution is -0.143. The summed E-state index contributed by atoms with van der Waals surface area (Å²) in [6.45, 7) is 0.261. The fraction of sp³-hybridized carbons (Fsp3) is 0.286. The van der Waals surface area contributed by atoms with Crippen molar-refractivity contribution in [3.05, 3.63) is 52.8 Å². The quantitative estimate of drug-likeness (QED) is 0.436. The molecule has 1 aliphatic heterocycles. The first-order chi connectivity index (χ1) is 14.8. The van der Waals surface area contributed by atoms with Gasteiger partial charge in [-0.25, -0.2) is 9.18 Å². The van der Waals surface area contributed by atoms with E-state index in [2.05, 4.69) is 0 Å². The second-order valence-corrected chi connectivity index (χ2v) is 6.91. The van der Waals surface area contributed by atoms with Crippen molar-refractivity contribution < 1.29 is 40.3 Å². The summed E-state index contributed by atoms with van der Waals surface area (Å²) < 4.78 is 99.9. The average molecular weight is 460 g/mol. The molecule has 3 rings (SSSR count). The van der Waals surface area contributed by atoms with E-state index >= 15 is 0 Å². The lowest BCUT2D eigenvalue weighted by Gasteiger charge is -2.36. The molecule has 32 heavy (non-hydrogen) atoms. The lowest BCUT2D eigenvalue weighted by Crippen LogP contribution is -2.39. The monoisotopic (exact) mass is 460 g/mol. The molecule has 11 heteroatoms.